The molecule has 0 aromatic heterocycles. The molecular formula is C10H19N. The fourth-order valence-electron chi connectivity index (χ4n) is 2.96. The third kappa shape index (κ3) is 1.01. The normalized spacial score (nSPS) is 34.6. The first-order chi connectivity index (χ1) is 5.25. The second kappa shape index (κ2) is 2.48. The van der Waals surface area contributed by atoms with Crippen molar-refractivity contribution in [2.45, 2.75) is 45.1 Å². The molecule has 1 heterocycles. The van der Waals surface area contributed by atoms with Crippen molar-refractivity contribution in [3.63, 3.8) is 0 Å². The predicted octanol–water partition coefficient (Wildman–Crippen LogP) is 2.17. The van der Waals surface area contributed by atoms with E-state index in [0.29, 0.717) is 5.54 Å². The molecule has 2 fully saturated rings. The smallest absolute Gasteiger partial charge is 0.0212 e. The van der Waals surface area contributed by atoms with Crippen LogP contribution >= 0.6 is 0 Å². The highest BCUT2D eigenvalue weighted by molar-refractivity contribution is 5.05. The van der Waals surface area contributed by atoms with E-state index in [1.54, 1.807) is 0 Å². The Labute approximate surface area is 69.6 Å². The van der Waals surface area contributed by atoms with Gasteiger partial charge in [-0.3, -0.25) is 0 Å². The van der Waals surface area contributed by atoms with Crippen molar-refractivity contribution in [1.29, 1.82) is 0 Å². The molecule has 1 atom stereocenters. The lowest BCUT2D eigenvalue weighted by Crippen LogP contribution is -2.52. The van der Waals surface area contributed by atoms with Crippen molar-refractivity contribution in [2.24, 2.45) is 11.8 Å². The summed E-state index contributed by atoms with van der Waals surface area (Å²) in [6, 6.07) is 0. The summed E-state index contributed by atoms with van der Waals surface area (Å²) in [5, 5.41) is 3.70. The standard InChI is InChI=1S/C10H19N/c1-8(2)9-4-7-11-10(9)5-3-6-10/h8-9,11H,3-7H2,1-2H3. The molecule has 11 heavy (non-hydrogen) atoms. The van der Waals surface area contributed by atoms with Gasteiger partial charge < -0.3 is 5.32 Å². The zero-order chi connectivity index (χ0) is 7.90. The number of hydrogen-bond acceptors (Lipinski definition) is 1. The first kappa shape index (κ1) is 7.60. The second-order valence-electron chi connectivity index (χ2n) is 4.58. The van der Waals surface area contributed by atoms with E-state index in [0.717, 1.165) is 11.8 Å². The summed E-state index contributed by atoms with van der Waals surface area (Å²) in [6.45, 7) is 6.01. The molecule has 1 heteroatoms. The summed E-state index contributed by atoms with van der Waals surface area (Å²) >= 11 is 0. The highest BCUT2D eigenvalue weighted by Gasteiger charge is 2.47. The van der Waals surface area contributed by atoms with E-state index in [2.05, 4.69) is 19.2 Å². The van der Waals surface area contributed by atoms with E-state index in [4.69, 9.17) is 0 Å². The molecule has 64 valence electrons. The maximum atomic E-state index is 3.70. The summed E-state index contributed by atoms with van der Waals surface area (Å²) in [5.41, 5.74) is 0.605. The molecule has 2 rings (SSSR count). The minimum absolute atomic E-state index is 0.605. The highest BCUT2D eigenvalue weighted by Crippen LogP contribution is 2.46. The quantitative estimate of drug-likeness (QED) is 0.609. The van der Waals surface area contributed by atoms with Crippen molar-refractivity contribution < 1.29 is 0 Å². The average Bonchev–Trinajstić information content (AvgIpc) is 2.27. The number of nitrogens with one attached hydrogen (secondary N) is 1. The fraction of sp³-hybridized carbons (Fsp3) is 1.00. The van der Waals surface area contributed by atoms with Crippen LogP contribution in [0.25, 0.3) is 0 Å². The topological polar surface area (TPSA) is 12.0 Å². The minimum Gasteiger partial charge on any atom is -0.311 e. The monoisotopic (exact) mass is 153 g/mol. The van der Waals surface area contributed by atoms with Crippen molar-refractivity contribution >= 4 is 0 Å². The molecule has 1 saturated heterocycles. The van der Waals surface area contributed by atoms with Crippen LogP contribution in [0.5, 0.6) is 0 Å². The van der Waals surface area contributed by atoms with Crippen LogP contribution in [0.2, 0.25) is 0 Å². The van der Waals surface area contributed by atoms with E-state index in [9.17, 15) is 0 Å². The zero-order valence-electron chi connectivity index (χ0n) is 7.69. The number of rotatable bonds is 1. The molecule has 0 aromatic rings. The van der Waals surface area contributed by atoms with Gasteiger partial charge in [0.05, 0.1) is 0 Å². The molecule has 1 nitrogen and oxygen atoms in total. The molecule has 1 aliphatic carbocycles. The van der Waals surface area contributed by atoms with Crippen LogP contribution in [0.4, 0.5) is 0 Å². The molecule has 1 N–H and O–H groups in total. The van der Waals surface area contributed by atoms with Gasteiger partial charge in [-0.1, -0.05) is 13.8 Å². The molecule has 1 spiro atoms. The molecule has 1 aliphatic heterocycles. The van der Waals surface area contributed by atoms with Crippen molar-refractivity contribution in [3.8, 4) is 0 Å². The Kier molecular flexibility index (Phi) is 1.71. The summed E-state index contributed by atoms with van der Waals surface area (Å²) in [5.74, 6) is 1.85. The van der Waals surface area contributed by atoms with Gasteiger partial charge in [-0.25, -0.2) is 0 Å². The van der Waals surface area contributed by atoms with Gasteiger partial charge >= 0.3 is 0 Å². The lowest BCUT2D eigenvalue weighted by molar-refractivity contribution is 0.119. The van der Waals surface area contributed by atoms with Crippen LogP contribution in [-0.2, 0) is 0 Å². The summed E-state index contributed by atoms with van der Waals surface area (Å²) in [7, 11) is 0. The third-order valence-electron chi connectivity index (χ3n) is 3.69. The van der Waals surface area contributed by atoms with Gasteiger partial charge in [0.15, 0.2) is 0 Å². The van der Waals surface area contributed by atoms with Gasteiger partial charge in [-0.05, 0) is 44.1 Å². The summed E-state index contributed by atoms with van der Waals surface area (Å²) in [6.07, 6.45) is 5.75. The summed E-state index contributed by atoms with van der Waals surface area (Å²) in [4.78, 5) is 0. The van der Waals surface area contributed by atoms with Gasteiger partial charge in [-0.2, -0.15) is 0 Å². The van der Waals surface area contributed by atoms with Crippen molar-refractivity contribution in [1.82, 2.24) is 5.32 Å². The van der Waals surface area contributed by atoms with Crippen molar-refractivity contribution in [3.05, 3.63) is 0 Å². The molecule has 0 radical (unpaired) electrons. The lowest BCUT2D eigenvalue weighted by Gasteiger charge is -2.45. The van der Waals surface area contributed by atoms with Crippen LogP contribution in [0.15, 0.2) is 0 Å². The Morgan fingerprint density at radius 3 is 2.45 bits per heavy atom. The van der Waals surface area contributed by atoms with E-state index in [-0.39, 0.29) is 0 Å². The Hall–Kier alpha value is -0.0400. The fourth-order valence-corrected chi connectivity index (χ4v) is 2.96. The maximum Gasteiger partial charge on any atom is 0.0212 e. The molecule has 0 aromatic carbocycles. The average molecular weight is 153 g/mol. The second-order valence-corrected chi connectivity index (χ2v) is 4.58. The predicted molar refractivity (Wildman–Crippen MR) is 47.5 cm³/mol. The Balaban J connectivity index is 2.07. The van der Waals surface area contributed by atoms with Crippen LogP contribution in [0.1, 0.15) is 39.5 Å². The van der Waals surface area contributed by atoms with Gasteiger partial charge in [-0.15, -0.1) is 0 Å². The molecule has 2 aliphatic rings. The number of hydrogen-bond donors (Lipinski definition) is 1. The first-order valence-electron chi connectivity index (χ1n) is 5.00. The molecular weight excluding hydrogens is 134 g/mol. The van der Waals surface area contributed by atoms with E-state index in [1.165, 1.54) is 32.2 Å². The van der Waals surface area contributed by atoms with E-state index < -0.39 is 0 Å². The third-order valence-corrected chi connectivity index (χ3v) is 3.69. The molecule has 0 bridgehead atoms. The van der Waals surface area contributed by atoms with E-state index >= 15 is 0 Å². The minimum atomic E-state index is 0.605. The van der Waals surface area contributed by atoms with E-state index in [1.807, 2.05) is 0 Å². The summed E-state index contributed by atoms with van der Waals surface area (Å²) < 4.78 is 0. The van der Waals surface area contributed by atoms with Crippen LogP contribution < -0.4 is 5.32 Å². The lowest BCUT2D eigenvalue weighted by atomic mass is 9.66. The SMILES string of the molecule is CC(C)C1CCNC12CCC2. The molecule has 1 saturated carbocycles. The Morgan fingerprint density at radius 2 is 2.09 bits per heavy atom. The van der Waals surface area contributed by atoms with Gasteiger partial charge in [0.2, 0.25) is 0 Å². The van der Waals surface area contributed by atoms with Gasteiger partial charge in [0.25, 0.3) is 0 Å². The highest BCUT2D eigenvalue weighted by atomic mass is 15.0. The first-order valence-corrected chi connectivity index (χ1v) is 5.00. The van der Waals surface area contributed by atoms with Gasteiger partial charge in [0, 0.05) is 5.54 Å². The van der Waals surface area contributed by atoms with Crippen molar-refractivity contribution in [2.75, 3.05) is 6.54 Å². The maximum absolute atomic E-state index is 3.70. The van der Waals surface area contributed by atoms with Crippen LogP contribution in [0, 0.1) is 11.8 Å². The Bertz CT molecular complexity index is 147. The van der Waals surface area contributed by atoms with Gasteiger partial charge in [0.1, 0.15) is 0 Å². The van der Waals surface area contributed by atoms with Crippen LogP contribution in [0.3, 0.4) is 0 Å². The molecule has 0 amide bonds. The molecule has 1 unspecified atom stereocenters. The van der Waals surface area contributed by atoms with Crippen LogP contribution in [-0.4, -0.2) is 12.1 Å². The Morgan fingerprint density at radius 1 is 1.36 bits per heavy atom. The zero-order valence-corrected chi connectivity index (χ0v) is 7.69. The largest absolute Gasteiger partial charge is 0.311 e.